The Labute approximate surface area is 155 Å². The first-order chi connectivity index (χ1) is 12.2. The molecule has 0 bridgehead atoms. The largest absolute Gasteiger partial charge is 0.463 e. The molecule has 2 nitrogen and oxygen atoms in total. The van der Waals surface area contributed by atoms with Crippen LogP contribution in [0.2, 0.25) is 0 Å². The number of hydrogen-bond acceptors (Lipinski definition) is 2. The molecule has 25 heavy (non-hydrogen) atoms. The second kappa shape index (κ2) is 11.8. The molecular weight excluding hydrogens is 308 g/mol. The van der Waals surface area contributed by atoms with Crippen molar-refractivity contribution < 1.29 is 9.53 Å². The van der Waals surface area contributed by atoms with Crippen molar-refractivity contribution in [3.63, 3.8) is 0 Å². The summed E-state index contributed by atoms with van der Waals surface area (Å²) in [6, 6.07) is 0. The number of carbonyl (C=O) groups is 1. The van der Waals surface area contributed by atoms with Gasteiger partial charge in [-0.05, 0) is 68.6 Å². The topological polar surface area (TPSA) is 26.3 Å². The Morgan fingerprint density at radius 2 is 1.52 bits per heavy atom. The molecule has 0 saturated heterocycles. The molecule has 0 radical (unpaired) electrons. The predicted octanol–water partition coefficient (Wildman–Crippen LogP) is 6.69. The predicted molar refractivity (Wildman–Crippen MR) is 105 cm³/mol. The first-order valence-electron chi connectivity index (χ1n) is 11.1. The van der Waals surface area contributed by atoms with E-state index >= 15 is 0 Å². The van der Waals surface area contributed by atoms with Crippen molar-refractivity contribution in [2.24, 2.45) is 23.7 Å². The fraction of sp³-hybridized carbons (Fsp3) is 0.870. The summed E-state index contributed by atoms with van der Waals surface area (Å²) in [6.07, 6.45) is 21.5. The van der Waals surface area contributed by atoms with Crippen LogP contribution >= 0.6 is 0 Å². The molecule has 0 amide bonds. The summed E-state index contributed by atoms with van der Waals surface area (Å²) in [5, 5.41) is 0. The van der Waals surface area contributed by atoms with Crippen molar-refractivity contribution >= 4 is 5.97 Å². The number of allylic oxidation sites excluding steroid dienone is 1. The zero-order valence-electron chi connectivity index (χ0n) is 16.7. The van der Waals surface area contributed by atoms with Crippen LogP contribution in [0.4, 0.5) is 0 Å². The van der Waals surface area contributed by atoms with Crippen LogP contribution in [-0.2, 0) is 9.53 Å². The molecule has 2 aliphatic carbocycles. The summed E-state index contributed by atoms with van der Waals surface area (Å²) in [4.78, 5) is 11.6. The van der Waals surface area contributed by atoms with Crippen LogP contribution in [0.15, 0.2) is 12.2 Å². The Morgan fingerprint density at radius 3 is 2.12 bits per heavy atom. The molecule has 2 heteroatoms. The molecule has 0 heterocycles. The maximum atomic E-state index is 11.6. The fourth-order valence-corrected chi connectivity index (χ4v) is 4.91. The molecule has 0 aromatic heterocycles. The number of ether oxygens (including phenoxy) is 1. The van der Waals surface area contributed by atoms with Crippen LogP contribution in [0.5, 0.6) is 0 Å². The maximum Gasteiger partial charge on any atom is 0.330 e. The average Bonchev–Trinajstić information content (AvgIpc) is 2.66. The van der Waals surface area contributed by atoms with Crippen LogP contribution in [0.1, 0.15) is 97.3 Å². The van der Waals surface area contributed by atoms with Crippen molar-refractivity contribution in [3.05, 3.63) is 12.2 Å². The highest BCUT2D eigenvalue weighted by Gasteiger charge is 2.30. The standard InChI is InChI=1S/C23H40O2/c1-3-5-6-7-19-8-13-21(14-9-19)22-15-10-20(11-16-22)12-17-23(24)25-18-4-2/h12,17,19-22H,3-11,13-16,18H2,1-2H3/t19-,20-,21-,22-. The summed E-state index contributed by atoms with van der Waals surface area (Å²) >= 11 is 0. The zero-order valence-corrected chi connectivity index (χ0v) is 16.7. The Morgan fingerprint density at radius 1 is 0.880 bits per heavy atom. The van der Waals surface area contributed by atoms with Crippen molar-refractivity contribution in [3.8, 4) is 0 Å². The maximum absolute atomic E-state index is 11.6. The van der Waals surface area contributed by atoms with Gasteiger partial charge in [0.15, 0.2) is 0 Å². The van der Waals surface area contributed by atoms with Crippen LogP contribution < -0.4 is 0 Å². The van der Waals surface area contributed by atoms with E-state index in [4.69, 9.17) is 4.74 Å². The number of esters is 1. The first kappa shape index (κ1) is 20.5. The van der Waals surface area contributed by atoms with E-state index in [-0.39, 0.29) is 5.97 Å². The van der Waals surface area contributed by atoms with Crippen molar-refractivity contribution in [1.29, 1.82) is 0 Å². The van der Waals surface area contributed by atoms with E-state index in [0.717, 1.165) is 24.2 Å². The molecule has 0 N–H and O–H groups in total. The van der Waals surface area contributed by atoms with Gasteiger partial charge in [-0.3, -0.25) is 0 Å². The van der Waals surface area contributed by atoms with Gasteiger partial charge < -0.3 is 4.74 Å². The Kier molecular flexibility index (Phi) is 9.65. The fourth-order valence-electron chi connectivity index (χ4n) is 4.91. The lowest BCUT2D eigenvalue weighted by atomic mass is 9.68. The molecule has 2 rings (SSSR count). The molecule has 0 atom stereocenters. The van der Waals surface area contributed by atoms with Gasteiger partial charge in [-0.15, -0.1) is 0 Å². The minimum atomic E-state index is -0.162. The van der Waals surface area contributed by atoms with E-state index in [1.807, 2.05) is 6.92 Å². The SMILES string of the molecule is CCCCC[C@H]1CC[C@H]([C@H]2CC[C@H](C=CC(=O)OCCC)CC2)CC1. The lowest BCUT2D eigenvalue weighted by molar-refractivity contribution is -0.137. The highest BCUT2D eigenvalue weighted by Crippen LogP contribution is 2.42. The molecule has 0 spiro atoms. The van der Waals surface area contributed by atoms with Crippen molar-refractivity contribution in [2.75, 3.05) is 6.61 Å². The van der Waals surface area contributed by atoms with Crippen LogP contribution in [0.25, 0.3) is 0 Å². The summed E-state index contributed by atoms with van der Waals surface area (Å²) in [5.74, 6) is 3.40. The third-order valence-corrected chi connectivity index (χ3v) is 6.54. The van der Waals surface area contributed by atoms with E-state index in [1.54, 1.807) is 6.08 Å². The van der Waals surface area contributed by atoms with Gasteiger partial charge in [0.2, 0.25) is 0 Å². The van der Waals surface area contributed by atoms with Gasteiger partial charge >= 0.3 is 5.97 Å². The van der Waals surface area contributed by atoms with Crippen molar-refractivity contribution in [2.45, 2.75) is 97.3 Å². The van der Waals surface area contributed by atoms with E-state index in [2.05, 4.69) is 13.0 Å². The van der Waals surface area contributed by atoms with E-state index in [9.17, 15) is 4.79 Å². The molecule has 2 fully saturated rings. The zero-order chi connectivity index (χ0) is 17.9. The van der Waals surface area contributed by atoms with Gasteiger partial charge in [-0.1, -0.05) is 58.4 Å². The van der Waals surface area contributed by atoms with Gasteiger partial charge in [0, 0.05) is 6.08 Å². The van der Waals surface area contributed by atoms with Gasteiger partial charge in [0.05, 0.1) is 6.61 Å². The second-order valence-corrected chi connectivity index (χ2v) is 8.48. The van der Waals surface area contributed by atoms with E-state index in [1.165, 1.54) is 77.0 Å². The highest BCUT2D eigenvalue weighted by molar-refractivity contribution is 5.81. The van der Waals surface area contributed by atoms with Crippen LogP contribution in [-0.4, -0.2) is 12.6 Å². The average molecular weight is 349 g/mol. The Hall–Kier alpha value is -0.790. The van der Waals surface area contributed by atoms with E-state index in [0.29, 0.717) is 12.5 Å². The number of carbonyl (C=O) groups excluding carboxylic acids is 1. The summed E-state index contributed by atoms with van der Waals surface area (Å²) < 4.78 is 5.12. The molecule has 0 aliphatic heterocycles. The van der Waals surface area contributed by atoms with E-state index < -0.39 is 0 Å². The highest BCUT2D eigenvalue weighted by atomic mass is 16.5. The number of rotatable bonds is 9. The third-order valence-electron chi connectivity index (χ3n) is 6.54. The Balaban J connectivity index is 1.62. The monoisotopic (exact) mass is 348 g/mol. The van der Waals surface area contributed by atoms with Gasteiger partial charge in [-0.2, -0.15) is 0 Å². The lowest BCUT2D eigenvalue weighted by Gasteiger charge is -2.37. The van der Waals surface area contributed by atoms with Crippen LogP contribution in [0.3, 0.4) is 0 Å². The molecule has 0 aromatic rings. The van der Waals surface area contributed by atoms with Gasteiger partial charge in [0.1, 0.15) is 0 Å². The molecule has 2 saturated carbocycles. The summed E-state index contributed by atoms with van der Waals surface area (Å²) in [5.41, 5.74) is 0. The number of unbranched alkanes of at least 4 members (excludes halogenated alkanes) is 2. The molecule has 2 aliphatic rings. The summed E-state index contributed by atoms with van der Waals surface area (Å²) in [7, 11) is 0. The molecular formula is C23H40O2. The molecule has 144 valence electrons. The second-order valence-electron chi connectivity index (χ2n) is 8.48. The molecule has 0 aromatic carbocycles. The summed E-state index contributed by atoms with van der Waals surface area (Å²) in [6.45, 7) is 4.87. The van der Waals surface area contributed by atoms with Crippen molar-refractivity contribution in [1.82, 2.24) is 0 Å². The van der Waals surface area contributed by atoms with Gasteiger partial charge in [-0.25, -0.2) is 4.79 Å². The molecule has 0 unspecified atom stereocenters. The minimum Gasteiger partial charge on any atom is -0.463 e. The quantitative estimate of drug-likeness (QED) is 0.263. The Bertz CT molecular complexity index is 385. The third kappa shape index (κ3) is 7.54. The first-order valence-corrected chi connectivity index (χ1v) is 11.1. The lowest BCUT2D eigenvalue weighted by Crippen LogP contribution is -2.25. The van der Waals surface area contributed by atoms with Gasteiger partial charge in [0.25, 0.3) is 0 Å². The minimum absolute atomic E-state index is 0.162. The smallest absolute Gasteiger partial charge is 0.330 e. The normalized spacial score (nSPS) is 30.5. The number of hydrogen-bond donors (Lipinski definition) is 0. The van der Waals surface area contributed by atoms with Crippen LogP contribution in [0, 0.1) is 23.7 Å².